The zero-order valence-electron chi connectivity index (χ0n) is 14.6. The molecule has 0 aromatic heterocycles. The Morgan fingerprint density at radius 2 is 2.21 bits per heavy atom. The Morgan fingerprint density at radius 1 is 1.38 bits per heavy atom. The van der Waals surface area contributed by atoms with Gasteiger partial charge in [-0.3, -0.25) is 4.79 Å². The summed E-state index contributed by atoms with van der Waals surface area (Å²) >= 11 is 0. The van der Waals surface area contributed by atoms with Crippen LogP contribution in [0.1, 0.15) is 35.2 Å². The molecule has 2 fully saturated rings. The van der Waals surface area contributed by atoms with Gasteiger partial charge in [0.2, 0.25) is 0 Å². The van der Waals surface area contributed by atoms with Gasteiger partial charge in [0, 0.05) is 24.6 Å². The molecule has 0 spiro atoms. The van der Waals surface area contributed by atoms with Gasteiger partial charge in [0.05, 0.1) is 25.4 Å². The molecular weight excluding hydrogens is 304 g/mol. The molecule has 1 N–H and O–H groups in total. The number of carbonyl (C=O) groups is 1. The molecule has 24 heavy (non-hydrogen) atoms. The van der Waals surface area contributed by atoms with Gasteiger partial charge in [-0.1, -0.05) is 18.6 Å². The lowest BCUT2D eigenvalue weighted by Crippen LogP contribution is -2.53. The highest BCUT2D eigenvalue weighted by atomic mass is 16.5. The van der Waals surface area contributed by atoms with Gasteiger partial charge in [0.1, 0.15) is 0 Å². The highest BCUT2D eigenvalue weighted by Crippen LogP contribution is 2.32. The topological polar surface area (TPSA) is 53.0 Å². The van der Waals surface area contributed by atoms with Crippen molar-refractivity contribution in [2.75, 3.05) is 33.9 Å². The summed E-state index contributed by atoms with van der Waals surface area (Å²) in [6.45, 7) is 2.52. The fourth-order valence-electron chi connectivity index (χ4n) is 3.98. The van der Waals surface area contributed by atoms with Gasteiger partial charge in [0.15, 0.2) is 0 Å². The highest BCUT2D eigenvalue weighted by molar-refractivity contribution is 5.94. The lowest BCUT2D eigenvalue weighted by Gasteiger charge is -2.40. The number of aliphatic hydroxyl groups excluding tert-OH is 1. The Morgan fingerprint density at radius 3 is 2.92 bits per heavy atom. The largest absolute Gasteiger partial charge is 0.393 e. The number of ether oxygens (including phenoxy) is 1. The van der Waals surface area contributed by atoms with E-state index < -0.39 is 0 Å². The second-order valence-electron chi connectivity index (χ2n) is 7.24. The molecule has 1 saturated heterocycles. The number of morpholine rings is 1. The first kappa shape index (κ1) is 17.4. The molecule has 2 aliphatic rings. The maximum absolute atomic E-state index is 13.1. The number of aliphatic hydroxyl groups is 1. The van der Waals surface area contributed by atoms with Gasteiger partial charge in [-0.2, -0.15) is 0 Å². The van der Waals surface area contributed by atoms with E-state index in [-0.39, 0.29) is 24.0 Å². The summed E-state index contributed by atoms with van der Waals surface area (Å²) in [6.07, 6.45) is 2.52. The van der Waals surface area contributed by atoms with E-state index >= 15 is 0 Å². The zero-order valence-corrected chi connectivity index (χ0v) is 14.6. The number of nitrogens with zero attached hydrogens (tertiary/aromatic N) is 2. The zero-order chi connectivity index (χ0) is 17.1. The van der Waals surface area contributed by atoms with Crippen molar-refractivity contribution in [3.8, 4) is 0 Å². The van der Waals surface area contributed by atoms with Crippen LogP contribution in [0, 0.1) is 5.92 Å². The average molecular weight is 332 g/mol. The molecule has 0 radical (unpaired) electrons. The van der Waals surface area contributed by atoms with Gasteiger partial charge in [0.25, 0.3) is 5.91 Å². The van der Waals surface area contributed by atoms with Crippen molar-refractivity contribution in [3.63, 3.8) is 0 Å². The number of amides is 1. The predicted molar refractivity (Wildman–Crippen MR) is 92.8 cm³/mol. The van der Waals surface area contributed by atoms with Crippen molar-refractivity contribution in [1.82, 2.24) is 9.80 Å². The first-order chi connectivity index (χ1) is 11.6. The minimum atomic E-state index is -0.313. The van der Waals surface area contributed by atoms with E-state index in [1.54, 1.807) is 0 Å². The maximum Gasteiger partial charge on any atom is 0.254 e. The Labute approximate surface area is 144 Å². The first-order valence-corrected chi connectivity index (χ1v) is 8.86. The first-order valence-electron chi connectivity index (χ1n) is 8.86. The standard InChI is InChI=1S/C19H28N2O3/c1-20(2)12-14-5-3-6-15(11-14)19(23)21-9-10-24-13-17(21)16-7-4-8-18(16)22/h3,5-6,11,16-18,22H,4,7-10,12-13H2,1-2H3/t16-,17-,18+/m1/s1. The van der Waals surface area contributed by atoms with E-state index in [1.807, 2.05) is 43.3 Å². The summed E-state index contributed by atoms with van der Waals surface area (Å²) in [5.74, 6) is 0.196. The summed E-state index contributed by atoms with van der Waals surface area (Å²) < 4.78 is 5.62. The molecule has 3 atom stereocenters. The van der Waals surface area contributed by atoms with Crippen LogP contribution in [0.3, 0.4) is 0 Å². The summed E-state index contributed by atoms with van der Waals surface area (Å²) in [7, 11) is 4.04. The molecule has 1 aromatic carbocycles. The van der Waals surface area contributed by atoms with Crippen LogP contribution in [0.5, 0.6) is 0 Å². The number of hydrogen-bond acceptors (Lipinski definition) is 4. The van der Waals surface area contributed by atoms with Gasteiger partial charge in [-0.25, -0.2) is 0 Å². The Bertz CT molecular complexity index is 575. The third-order valence-electron chi connectivity index (χ3n) is 5.12. The predicted octanol–water partition coefficient (Wildman–Crippen LogP) is 1.75. The lowest BCUT2D eigenvalue weighted by molar-refractivity contribution is -0.0383. The molecule has 1 amide bonds. The fraction of sp³-hybridized carbons (Fsp3) is 0.632. The Hall–Kier alpha value is -1.43. The van der Waals surface area contributed by atoms with E-state index in [2.05, 4.69) is 4.90 Å². The molecule has 132 valence electrons. The molecule has 1 aliphatic heterocycles. The SMILES string of the molecule is CN(C)Cc1cccc(C(=O)N2CCOC[C@@H]2[C@H]2CCC[C@@H]2O)c1. The molecular formula is C19H28N2O3. The average Bonchev–Trinajstić information content (AvgIpc) is 3.00. The number of hydrogen-bond donors (Lipinski definition) is 1. The molecule has 1 aliphatic carbocycles. The molecule has 5 heteroatoms. The molecule has 0 bridgehead atoms. The second kappa shape index (κ2) is 7.64. The van der Waals surface area contributed by atoms with Crippen molar-refractivity contribution in [2.24, 2.45) is 5.92 Å². The quantitative estimate of drug-likeness (QED) is 0.913. The van der Waals surface area contributed by atoms with Crippen LogP contribution in [0.2, 0.25) is 0 Å². The van der Waals surface area contributed by atoms with Crippen molar-refractivity contribution in [1.29, 1.82) is 0 Å². The van der Waals surface area contributed by atoms with E-state index in [9.17, 15) is 9.90 Å². The van der Waals surface area contributed by atoms with Crippen LogP contribution in [0.15, 0.2) is 24.3 Å². The van der Waals surface area contributed by atoms with Crippen LogP contribution < -0.4 is 0 Å². The maximum atomic E-state index is 13.1. The van der Waals surface area contributed by atoms with Crippen molar-refractivity contribution in [3.05, 3.63) is 35.4 Å². The molecule has 1 heterocycles. The van der Waals surface area contributed by atoms with E-state index in [4.69, 9.17) is 4.74 Å². The summed E-state index contributed by atoms with van der Waals surface area (Å²) in [5.41, 5.74) is 1.87. The molecule has 1 saturated carbocycles. The third kappa shape index (κ3) is 3.79. The lowest BCUT2D eigenvalue weighted by atomic mass is 9.93. The number of carbonyl (C=O) groups excluding carboxylic acids is 1. The summed E-state index contributed by atoms with van der Waals surface area (Å²) in [6, 6.07) is 7.86. The van der Waals surface area contributed by atoms with Crippen LogP contribution in [0.25, 0.3) is 0 Å². The van der Waals surface area contributed by atoms with Gasteiger partial charge < -0.3 is 19.6 Å². The molecule has 5 nitrogen and oxygen atoms in total. The molecule has 0 unspecified atom stereocenters. The van der Waals surface area contributed by atoms with Gasteiger partial charge >= 0.3 is 0 Å². The number of benzene rings is 1. The fourth-order valence-corrected chi connectivity index (χ4v) is 3.98. The van der Waals surface area contributed by atoms with E-state index in [0.29, 0.717) is 19.8 Å². The van der Waals surface area contributed by atoms with E-state index in [1.165, 1.54) is 0 Å². The monoisotopic (exact) mass is 332 g/mol. The van der Waals surface area contributed by atoms with Gasteiger partial charge in [-0.05, 0) is 44.6 Å². The van der Waals surface area contributed by atoms with Crippen molar-refractivity contribution >= 4 is 5.91 Å². The number of rotatable bonds is 4. The van der Waals surface area contributed by atoms with Crippen LogP contribution in [0.4, 0.5) is 0 Å². The summed E-state index contributed by atoms with van der Waals surface area (Å²) in [5, 5.41) is 10.3. The van der Waals surface area contributed by atoms with Crippen molar-refractivity contribution in [2.45, 2.75) is 38.0 Å². The van der Waals surface area contributed by atoms with Crippen LogP contribution >= 0.6 is 0 Å². The summed E-state index contributed by atoms with van der Waals surface area (Å²) in [4.78, 5) is 17.1. The van der Waals surface area contributed by atoms with Crippen LogP contribution in [-0.4, -0.2) is 66.8 Å². The second-order valence-corrected chi connectivity index (χ2v) is 7.24. The smallest absolute Gasteiger partial charge is 0.254 e. The third-order valence-corrected chi connectivity index (χ3v) is 5.12. The minimum Gasteiger partial charge on any atom is -0.393 e. The Kier molecular flexibility index (Phi) is 5.54. The van der Waals surface area contributed by atoms with Gasteiger partial charge in [-0.15, -0.1) is 0 Å². The van der Waals surface area contributed by atoms with Crippen molar-refractivity contribution < 1.29 is 14.6 Å². The minimum absolute atomic E-state index is 0.0127. The highest BCUT2D eigenvalue weighted by Gasteiger charge is 2.39. The molecule has 1 aromatic rings. The normalized spacial score (nSPS) is 27.7. The molecule has 3 rings (SSSR count). The Balaban J connectivity index is 1.79. The van der Waals surface area contributed by atoms with Crippen LogP contribution in [-0.2, 0) is 11.3 Å². The van der Waals surface area contributed by atoms with E-state index in [0.717, 1.165) is 36.9 Å².